The van der Waals surface area contributed by atoms with Crippen molar-refractivity contribution in [1.29, 1.82) is 0 Å². The molecule has 0 bridgehead atoms. The molecule has 162 valence electrons. The quantitative estimate of drug-likeness (QED) is 0.697. The largest absolute Gasteiger partial charge is 0.416 e. The number of anilines is 3. The Balaban J connectivity index is 1.73. The van der Waals surface area contributed by atoms with Crippen molar-refractivity contribution in [2.75, 3.05) is 27.2 Å². The molecule has 0 fully saturated rings. The molecule has 0 aliphatic carbocycles. The SMILES string of the molecule is CCCS(=O)(=O)N1CCCc2cc(NC(=O)Nc3cccc(C(F)(F)F)c3)ccc21. The van der Waals surface area contributed by atoms with Crippen molar-refractivity contribution in [3.8, 4) is 0 Å². The van der Waals surface area contributed by atoms with Crippen LogP contribution in [-0.2, 0) is 22.6 Å². The van der Waals surface area contributed by atoms with Crippen molar-refractivity contribution >= 4 is 33.1 Å². The average Bonchev–Trinajstić information content (AvgIpc) is 2.66. The topological polar surface area (TPSA) is 78.5 Å². The highest BCUT2D eigenvalue weighted by molar-refractivity contribution is 7.92. The van der Waals surface area contributed by atoms with E-state index in [-0.39, 0.29) is 11.4 Å². The van der Waals surface area contributed by atoms with Gasteiger partial charge in [0.25, 0.3) is 0 Å². The zero-order valence-electron chi connectivity index (χ0n) is 16.3. The molecular formula is C20H22F3N3O3S. The summed E-state index contributed by atoms with van der Waals surface area (Å²) >= 11 is 0. The summed E-state index contributed by atoms with van der Waals surface area (Å²) in [5.74, 6) is 0.0613. The maximum Gasteiger partial charge on any atom is 0.416 e. The van der Waals surface area contributed by atoms with Gasteiger partial charge in [0.1, 0.15) is 0 Å². The van der Waals surface area contributed by atoms with Crippen molar-refractivity contribution < 1.29 is 26.4 Å². The molecule has 0 unspecified atom stereocenters. The van der Waals surface area contributed by atoms with Gasteiger partial charge in [-0.2, -0.15) is 13.2 Å². The number of carbonyl (C=O) groups is 1. The Bertz CT molecular complexity index is 1040. The third kappa shape index (κ3) is 5.05. The van der Waals surface area contributed by atoms with Crippen LogP contribution >= 0.6 is 0 Å². The minimum Gasteiger partial charge on any atom is -0.308 e. The molecule has 0 saturated carbocycles. The first-order valence-electron chi connectivity index (χ1n) is 9.49. The fourth-order valence-corrected chi connectivity index (χ4v) is 4.99. The number of carbonyl (C=O) groups excluding carboxylic acids is 1. The first kappa shape index (κ1) is 21.9. The van der Waals surface area contributed by atoms with E-state index in [0.717, 1.165) is 17.7 Å². The van der Waals surface area contributed by atoms with Crippen molar-refractivity contribution in [2.45, 2.75) is 32.4 Å². The number of rotatable bonds is 5. The summed E-state index contributed by atoms with van der Waals surface area (Å²) in [4.78, 5) is 12.2. The summed E-state index contributed by atoms with van der Waals surface area (Å²) < 4.78 is 64.8. The molecule has 30 heavy (non-hydrogen) atoms. The van der Waals surface area contributed by atoms with Gasteiger partial charge in [-0.15, -0.1) is 0 Å². The maximum absolute atomic E-state index is 12.8. The van der Waals surface area contributed by atoms with Gasteiger partial charge in [0.2, 0.25) is 10.0 Å². The number of amides is 2. The molecule has 3 rings (SSSR count). The average molecular weight is 441 g/mol. The highest BCUT2D eigenvalue weighted by Gasteiger charge is 2.30. The standard InChI is InChI=1S/C20H22F3N3O3S/c1-2-11-30(28,29)26-10-4-5-14-12-17(8-9-18(14)26)25-19(27)24-16-7-3-6-15(13-16)20(21,22)23/h3,6-9,12-13H,2,4-5,10-11H2,1H3,(H2,24,25,27). The summed E-state index contributed by atoms with van der Waals surface area (Å²) in [7, 11) is -3.40. The number of halogens is 3. The van der Waals surface area contributed by atoms with Crippen molar-refractivity contribution in [1.82, 2.24) is 0 Å². The molecule has 1 heterocycles. The van der Waals surface area contributed by atoms with Crippen LogP contribution in [0.3, 0.4) is 0 Å². The van der Waals surface area contributed by atoms with E-state index in [1.165, 1.54) is 16.4 Å². The summed E-state index contributed by atoms with van der Waals surface area (Å²) in [6.45, 7) is 2.22. The monoisotopic (exact) mass is 441 g/mol. The maximum atomic E-state index is 12.8. The number of nitrogens with one attached hydrogen (secondary N) is 2. The lowest BCUT2D eigenvalue weighted by atomic mass is 10.0. The number of benzene rings is 2. The summed E-state index contributed by atoms with van der Waals surface area (Å²) in [5, 5.41) is 4.95. The molecule has 0 atom stereocenters. The van der Waals surface area contributed by atoms with Crippen LogP contribution in [0.4, 0.5) is 35.0 Å². The van der Waals surface area contributed by atoms with Crippen LogP contribution in [0.25, 0.3) is 0 Å². The Morgan fingerprint density at radius 1 is 1.10 bits per heavy atom. The number of nitrogens with zero attached hydrogens (tertiary/aromatic N) is 1. The fraction of sp³-hybridized carbons (Fsp3) is 0.350. The normalized spacial score (nSPS) is 14.2. The molecule has 6 nitrogen and oxygen atoms in total. The molecule has 2 amide bonds. The van der Waals surface area contributed by atoms with Gasteiger partial charge in [0.05, 0.1) is 17.0 Å². The zero-order valence-corrected chi connectivity index (χ0v) is 17.1. The second-order valence-electron chi connectivity index (χ2n) is 6.99. The second kappa shape index (κ2) is 8.55. The number of sulfonamides is 1. The Hall–Kier alpha value is -2.75. The smallest absolute Gasteiger partial charge is 0.308 e. The Morgan fingerprint density at radius 3 is 2.47 bits per heavy atom. The van der Waals surface area contributed by atoms with Gasteiger partial charge < -0.3 is 10.6 Å². The highest BCUT2D eigenvalue weighted by Crippen LogP contribution is 2.33. The number of hydrogen-bond acceptors (Lipinski definition) is 3. The predicted octanol–water partition coefficient (Wildman–Crippen LogP) is 4.84. The van der Waals surface area contributed by atoms with Crippen LogP contribution in [0, 0.1) is 0 Å². The highest BCUT2D eigenvalue weighted by atomic mass is 32.2. The second-order valence-corrected chi connectivity index (χ2v) is 9.01. The lowest BCUT2D eigenvalue weighted by Crippen LogP contribution is -2.37. The minimum atomic E-state index is -4.50. The molecule has 0 spiro atoms. The molecular weight excluding hydrogens is 419 g/mol. The summed E-state index contributed by atoms with van der Waals surface area (Å²) in [5.41, 5.74) is 0.962. The van der Waals surface area contributed by atoms with Crippen molar-refractivity contribution in [3.05, 3.63) is 53.6 Å². The van der Waals surface area contributed by atoms with E-state index >= 15 is 0 Å². The number of alkyl halides is 3. The molecule has 1 aliphatic heterocycles. The number of aryl methyl sites for hydroxylation is 1. The fourth-order valence-electron chi connectivity index (χ4n) is 3.36. The van der Waals surface area contributed by atoms with E-state index in [9.17, 15) is 26.4 Å². The predicted molar refractivity (Wildman–Crippen MR) is 110 cm³/mol. The third-order valence-corrected chi connectivity index (χ3v) is 6.63. The number of fused-ring (bicyclic) bond motifs is 1. The van der Waals surface area contributed by atoms with E-state index in [2.05, 4.69) is 10.6 Å². The first-order chi connectivity index (χ1) is 14.1. The molecule has 0 aromatic heterocycles. The van der Waals surface area contributed by atoms with Gasteiger partial charge in [0, 0.05) is 17.9 Å². The van der Waals surface area contributed by atoms with E-state index in [4.69, 9.17) is 0 Å². The van der Waals surface area contributed by atoms with Crippen LogP contribution in [0.15, 0.2) is 42.5 Å². The summed E-state index contributed by atoms with van der Waals surface area (Å²) in [6, 6.07) is 8.55. The Morgan fingerprint density at radius 2 is 1.80 bits per heavy atom. The molecule has 0 radical (unpaired) electrons. The molecule has 10 heteroatoms. The zero-order chi connectivity index (χ0) is 21.9. The van der Waals surface area contributed by atoms with Gasteiger partial charge in [0.15, 0.2) is 0 Å². The third-order valence-electron chi connectivity index (χ3n) is 4.66. The van der Waals surface area contributed by atoms with Crippen LogP contribution in [0.5, 0.6) is 0 Å². The van der Waals surface area contributed by atoms with E-state index in [0.29, 0.717) is 37.2 Å². The molecule has 2 N–H and O–H groups in total. The van der Waals surface area contributed by atoms with Crippen LogP contribution in [0.1, 0.15) is 30.9 Å². The Kier molecular flexibility index (Phi) is 6.25. The van der Waals surface area contributed by atoms with Gasteiger partial charge in [-0.05, 0) is 61.2 Å². The van der Waals surface area contributed by atoms with E-state index in [1.807, 2.05) is 0 Å². The van der Waals surface area contributed by atoms with Gasteiger partial charge in [-0.25, -0.2) is 13.2 Å². The van der Waals surface area contributed by atoms with Crippen LogP contribution in [0.2, 0.25) is 0 Å². The summed E-state index contributed by atoms with van der Waals surface area (Å²) in [6.07, 6.45) is -2.66. The lowest BCUT2D eigenvalue weighted by Gasteiger charge is -2.30. The molecule has 0 saturated heterocycles. The van der Waals surface area contributed by atoms with Crippen LogP contribution < -0.4 is 14.9 Å². The van der Waals surface area contributed by atoms with Gasteiger partial charge >= 0.3 is 12.2 Å². The van der Waals surface area contributed by atoms with E-state index < -0.39 is 27.8 Å². The molecule has 2 aromatic rings. The van der Waals surface area contributed by atoms with Crippen molar-refractivity contribution in [2.24, 2.45) is 0 Å². The first-order valence-corrected chi connectivity index (χ1v) is 11.1. The van der Waals surface area contributed by atoms with Gasteiger partial charge in [-0.3, -0.25) is 4.31 Å². The van der Waals surface area contributed by atoms with Crippen LogP contribution in [-0.4, -0.2) is 26.7 Å². The van der Waals surface area contributed by atoms with E-state index in [1.54, 1.807) is 25.1 Å². The van der Waals surface area contributed by atoms with Gasteiger partial charge in [-0.1, -0.05) is 13.0 Å². The minimum absolute atomic E-state index is 0.0112. The Labute approximate surface area is 173 Å². The molecule has 1 aliphatic rings. The lowest BCUT2D eigenvalue weighted by molar-refractivity contribution is -0.137. The molecule has 2 aromatic carbocycles. The number of urea groups is 1. The number of hydrogen-bond donors (Lipinski definition) is 2. The van der Waals surface area contributed by atoms with Crippen molar-refractivity contribution in [3.63, 3.8) is 0 Å².